The summed E-state index contributed by atoms with van der Waals surface area (Å²) in [4.78, 5) is 11.7. The third-order valence-electron chi connectivity index (χ3n) is 3.08. The topological polar surface area (TPSA) is 78.8 Å². The van der Waals surface area contributed by atoms with Crippen LogP contribution in [-0.4, -0.2) is 22.8 Å². The lowest BCUT2D eigenvalue weighted by atomic mass is 9.83. The van der Waals surface area contributed by atoms with Crippen molar-refractivity contribution in [3.05, 3.63) is 17.0 Å². The second kappa shape index (κ2) is 5.00. The molecule has 5 nitrogen and oxygen atoms in total. The number of hydrogen-bond acceptors (Lipinski definition) is 4. The number of aromatic nitrogens is 2. The van der Waals surface area contributed by atoms with E-state index in [-0.39, 0.29) is 5.92 Å². The van der Waals surface area contributed by atoms with E-state index in [1.54, 1.807) is 6.92 Å². The molecule has 0 fully saturated rings. The molecule has 0 spiro atoms. The van der Waals surface area contributed by atoms with Crippen molar-refractivity contribution in [1.82, 2.24) is 10.2 Å². The lowest BCUT2D eigenvalue weighted by Crippen LogP contribution is -2.14. The first-order chi connectivity index (χ1) is 8.27. The quantitative estimate of drug-likeness (QED) is 0.809. The molecule has 0 radical (unpaired) electrons. The Morgan fingerprint density at radius 1 is 1.71 bits per heavy atom. The van der Waals surface area contributed by atoms with E-state index < -0.39 is 5.97 Å². The maximum atomic E-state index is 11.7. The van der Waals surface area contributed by atoms with Gasteiger partial charge in [0.1, 0.15) is 0 Å². The van der Waals surface area contributed by atoms with Gasteiger partial charge in [-0.1, -0.05) is 0 Å². The Hall–Kier alpha value is -1.83. The van der Waals surface area contributed by atoms with Gasteiger partial charge in [0, 0.05) is 23.6 Å². The van der Waals surface area contributed by atoms with Crippen molar-refractivity contribution in [2.24, 2.45) is 0 Å². The summed E-state index contributed by atoms with van der Waals surface area (Å²) >= 11 is 0. The summed E-state index contributed by atoms with van der Waals surface area (Å²) in [7, 11) is 0. The minimum absolute atomic E-state index is 0.113. The largest absolute Gasteiger partial charge is 0.461 e. The standard InChI is InChI=1S/C12H15N3O2/c1-2-17-12(16)11-10-8(6-7-13)4-3-5-9(10)14-15-11/h8H,2-6H2,1H3,(H,14,15). The Labute approximate surface area is 99.8 Å². The lowest BCUT2D eigenvalue weighted by Gasteiger charge is -2.20. The van der Waals surface area contributed by atoms with Gasteiger partial charge in [-0.3, -0.25) is 5.10 Å². The number of esters is 1. The van der Waals surface area contributed by atoms with E-state index in [9.17, 15) is 4.79 Å². The van der Waals surface area contributed by atoms with Crippen LogP contribution >= 0.6 is 0 Å². The molecule has 90 valence electrons. The minimum atomic E-state index is -0.394. The number of nitrogens with one attached hydrogen (secondary N) is 1. The van der Waals surface area contributed by atoms with Gasteiger partial charge in [-0.15, -0.1) is 0 Å². The van der Waals surface area contributed by atoms with E-state index >= 15 is 0 Å². The molecule has 17 heavy (non-hydrogen) atoms. The number of nitriles is 1. The zero-order chi connectivity index (χ0) is 12.3. The van der Waals surface area contributed by atoms with E-state index in [0.717, 1.165) is 30.5 Å². The monoisotopic (exact) mass is 233 g/mol. The molecule has 1 aliphatic rings. The Kier molecular flexibility index (Phi) is 3.43. The molecule has 0 saturated carbocycles. The SMILES string of the molecule is CCOC(=O)c1n[nH]c2c1C(CC#N)CCC2. The molecule has 1 aliphatic carbocycles. The van der Waals surface area contributed by atoms with Crippen LogP contribution < -0.4 is 0 Å². The summed E-state index contributed by atoms with van der Waals surface area (Å²) in [5.74, 6) is -0.281. The van der Waals surface area contributed by atoms with E-state index in [4.69, 9.17) is 10.00 Å². The highest BCUT2D eigenvalue weighted by atomic mass is 16.5. The van der Waals surface area contributed by atoms with Gasteiger partial charge in [-0.25, -0.2) is 4.79 Å². The van der Waals surface area contributed by atoms with Crippen molar-refractivity contribution in [3.8, 4) is 6.07 Å². The molecule has 1 N–H and O–H groups in total. The van der Waals surface area contributed by atoms with Crippen LogP contribution in [0.4, 0.5) is 0 Å². The summed E-state index contributed by atoms with van der Waals surface area (Å²) in [5.41, 5.74) is 2.25. The molecule has 1 unspecified atom stereocenters. The van der Waals surface area contributed by atoms with E-state index in [0.29, 0.717) is 18.7 Å². The highest BCUT2D eigenvalue weighted by molar-refractivity contribution is 5.89. The number of nitrogens with zero attached hydrogens (tertiary/aromatic N) is 2. The fourth-order valence-corrected chi connectivity index (χ4v) is 2.36. The predicted octanol–water partition coefficient (Wildman–Crippen LogP) is 1.92. The molecule has 5 heteroatoms. The van der Waals surface area contributed by atoms with Crippen molar-refractivity contribution in [2.75, 3.05) is 6.61 Å². The van der Waals surface area contributed by atoms with Gasteiger partial charge in [0.15, 0.2) is 5.69 Å². The van der Waals surface area contributed by atoms with Crippen molar-refractivity contribution in [2.45, 2.75) is 38.5 Å². The Balaban J connectivity index is 2.33. The van der Waals surface area contributed by atoms with Gasteiger partial charge in [-0.2, -0.15) is 10.4 Å². The maximum Gasteiger partial charge on any atom is 0.359 e. The van der Waals surface area contributed by atoms with Crippen molar-refractivity contribution in [3.63, 3.8) is 0 Å². The maximum absolute atomic E-state index is 11.7. The highest BCUT2D eigenvalue weighted by Crippen LogP contribution is 2.35. The molecule has 0 amide bonds. The normalized spacial score (nSPS) is 18.2. The first kappa shape index (κ1) is 11.6. The van der Waals surface area contributed by atoms with Crippen molar-refractivity contribution >= 4 is 5.97 Å². The van der Waals surface area contributed by atoms with E-state index in [1.165, 1.54) is 0 Å². The summed E-state index contributed by atoms with van der Waals surface area (Å²) in [6, 6.07) is 2.17. The number of ether oxygens (including phenoxy) is 1. The van der Waals surface area contributed by atoms with Crippen molar-refractivity contribution < 1.29 is 9.53 Å². The molecule has 1 atom stereocenters. The van der Waals surface area contributed by atoms with Gasteiger partial charge in [0.25, 0.3) is 0 Å². The van der Waals surface area contributed by atoms with Crippen LogP contribution in [0.2, 0.25) is 0 Å². The van der Waals surface area contributed by atoms with Crippen LogP contribution in [0.1, 0.15) is 53.8 Å². The van der Waals surface area contributed by atoms with Crippen LogP contribution in [0.15, 0.2) is 0 Å². The molecule has 1 aromatic heterocycles. The lowest BCUT2D eigenvalue weighted by molar-refractivity contribution is 0.0517. The molecule has 1 heterocycles. The number of carbonyl (C=O) groups excluding carboxylic acids is 1. The van der Waals surface area contributed by atoms with Gasteiger partial charge < -0.3 is 4.74 Å². The average Bonchev–Trinajstić information content (AvgIpc) is 2.74. The Morgan fingerprint density at radius 2 is 2.53 bits per heavy atom. The molecule has 0 aliphatic heterocycles. The second-order valence-corrected chi connectivity index (χ2v) is 4.14. The van der Waals surface area contributed by atoms with Gasteiger partial charge >= 0.3 is 5.97 Å². The number of aryl methyl sites for hydroxylation is 1. The average molecular weight is 233 g/mol. The van der Waals surface area contributed by atoms with Crippen LogP contribution in [0, 0.1) is 11.3 Å². The summed E-state index contributed by atoms with van der Waals surface area (Å²) < 4.78 is 4.97. The zero-order valence-electron chi connectivity index (χ0n) is 9.82. The fraction of sp³-hybridized carbons (Fsp3) is 0.583. The molecular weight excluding hydrogens is 218 g/mol. The smallest absolute Gasteiger partial charge is 0.359 e. The Bertz CT molecular complexity index is 459. The van der Waals surface area contributed by atoms with E-state index in [1.807, 2.05) is 0 Å². The molecule has 0 aromatic carbocycles. The molecule has 1 aromatic rings. The van der Waals surface area contributed by atoms with Crippen LogP contribution in [0.25, 0.3) is 0 Å². The summed E-state index contributed by atoms with van der Waals surface area (Å²) in [6.45, 7) is 2.10. The molecule has 2 rings (SSSR count). The zero-order valence-corrected chi connectivity index (χ0v) is 9.82. The summed E-state index contributed by atoms with van der Waals surface area (Å²) in [6.07, 6.45) is 3.29. The third-order valence-corrected chi connectivity index (χ3v) is 3.08. The number of rotatable bonds is 3. The predicted molar refractivity (Wildman–Crippen MR) is 60.5 cm³/mol. The first-order valence-electron chi connectivity index (χ1n) is 5.89. The van der Waals surface area contributed by atoms with Crippen LogP contribution in [0.3, 0.4) is 0 Å². The van der Waals surface area contributed by atoms with Gasteiger partial charge in [-0.05, 0) is 26.2 Å². The highest BCUT2D eigenvalue weighted by Gasteiger charge is 2.29. The number of fused-ring (bicyclic) bond motifs is 1. The Morgan fingerprint density at radius 3 is 3.24 bits per heavy atom. The molecule has 0 bridgehead atoms. The molecular formula is C12H15N3O2. The molecule has 0 saturated heterocycles. The number of aromatic amines is 1. The van der Waals surface area contributed by atoms with Crippen LogP contribution in [0.5, 0.6) is 0 Å². The van der Waals surface area contributed by atoms with Gasteiger partial charge in [0.05, 0.1) is 12.7 Å². The number of hydrogen-bond donors (Lipinski definition) is 1. The van der Waals surface area contributed by atoms with E-state index in [2.05, 4.69) is 16.3 Å². The second-order valence-electron chi connectivity index (χ2n) is 4.14. The summed E-state index contributed by atoms with van der Waals surface area (Å²) in [5, 5.41) is 15.8. The number of carbonyl (C=O) groups is 1. The number of H-pyrrole nitrogens is 1. The minimum Gasteiger partial charge on any atom is -0.461 e. The first-order valence-corrected chi connectivity index (χ1v) is 5.89. The third kappa shape index (κ3) is 2.16. The fourth-order valence-electron chi connectivity index (χ4n) is 2.36. The van der Waals surface area contributed by atoms with Gasteiger partial charge in [0.2, 0.25) is 0 Å². The van der Waals surface area contributed by atoms with Crippen molar-refractivity contribution in [1.29, 1.82) is 5.26 Å². The van der Waals surface area contributed by atoms with Crippen LogP contribution in [-0.2, 0) is 11.2 Å².